The topological polar surface area (TPSA) is 64.4 Å². The lowest BCUT2D eigenvalue weighted by atomic mass is 10.1. The third-order valence-electron chi connectivity index (χ3n) is 3.15. The standard InChI is InChI=1S/C15H24N2O3/c1-12(2)6-4-5-9-16-11-13-7-8-15(20-3)14(10-13)17(18)19/h7-8,10,12,16H,4-6,9,11H2,1-3H3. The van der Waals surface area contributed by atoms with Gasteiger partial charge in [-0.2, -0.15) is 0 Å². The summed E-state index contributed by atoms with van der Waals surface area (Å²) in [5, 5.41) is 14.2. The van der Waals surface area contributed by atoms with Crippen LogP contribution in [0, 0.1) is 16.0 Å². The number of methoxy groups -OCH3 is 1. The number of hydrogen-bond acceptors (Lipinski definition) is 4. The number of rotatable bonds is 9. The third-order valence-corrected chi connectivity index (χ3v) is 3.15. The highest BCUT2D eigenvalue weighted by Gasteiger charge is 2.14. The van der Waals surface area contributed by atoms with Crippen LogP contribution in [0.1, 0.15) is 38.7 Å². The van der Waals surface area contributed by atoms with E-state index in [2.05, 4.69) is 19.2 Å². The van der Waals surface area contributed by atoms with E-state index in [9.17, 15) is 10.1 Å². The van der Waals surface area contributed by atoms with Crippen LogP contribution in [-0.2, 0) is 6.54 Å². The molecule has 1 rings (SSSR count). The second-order valence-corrected chi connectivity index (χ2v) is 5.33. The van der Waals surface area contributed by atoms with Gasteiger partial charge in [-0.05, 0) is 30.5 Å². The summed E-state index contributed by atoms with van der Waals surface area (Å²) in [6, 6.07) is 5.07. The molecule has 20 heavy (non-hydrogen) atoms. The Labute approximate surface area is 120 Å². The fraction of sp³-hybridized carbons (Fsp3) is 0.600. The Morgan fingerprint density at radius 3 is 2.70 bits per heavy atom. The molecule has 0 saturated heterocycles. The molecular weight excluding hydrogens is 256 g/mol. The normalized spacial score (nSPS) is 10.8. The van der Waals surface area contributed by atoms with Gasteiger partial charge in [0.05, 0.1) is 12.0 Å². The van der Waals surface area contributed by atoms with Gasteiger partial charge in [-0.15, -0.1) is 0 Å². The molecule has 5 heteroatoms. The Hall–Kier alpha value is -1.62. The molecule has 0 bridgehead atoms. The maximum Gasteiger partial charge on any atom is 0.311 e. The van der Waals surface area contributed by atoms with E-state index in [1.165, 1.54) is 20.0 Å². The van der Waals surface area contributed by atoms with Crippen molar-refractivity contribution in [1.29, 1.82) is 0 Å². The zero-order valence-electron chi connectivity index (χ0n) is 12.5. The minimum atomic E-state index is -0.412. The molecule has 0 amide bonds. The molecule has 0 atom stereocenters. The van der Waals surface area contributed by atoms with E-state index in [1.807, 2.05) is 6.07 Å². The van der Waals surface area contributed by atoms with Crippen LogP contribution in [0.4, 0.5) is 5.69 Å². The van der Waals surface area contributed by atoms with Crippen LogP contribution in [0.15, 0.2) is 18.2 Å². The number of nitro benzene ring substituents is 1. The van der Waals surface area contributed by atoms with Crippen molar-refractivity contribution in [3.05, 3.63) is 33.9 Å². The van der Waals surface area contributed by atoms with Crippen molar-refractivity contribution in [2.24, 2.45) is 5.92 Å². The lowest BCUT2D eigenvalue weighted by Gasteiger charge is -2.07. The van der Waals surface area contributed by atoms with Crippen molar-refractivity contribution in [1.82, 2.24) is 5.32 Å². The summed E-state index contributed by atoms with van der Waals surface area (Å²) in [4.78, 5) is 10.5. The molecule has 1 N–H and O–H groups in total. The summed E-state index contributed by atoms with van der Waals surface area (Å²) in [5.74, 6) is 1.05. The molecule has 0 spiro atoms. The predicted octanol–water partition coefficient (Wildman–Crippen LogP) is 3.52. The first-order valence-corrected chi connectivity index (χ1v) is 7.06. The maximum absolute atomic E-state index is 10.9. The molecule has 0 aliphatic heterocycles. The number of hydrogen-bond donors (Lipinski definition) is 1. The van der Waals surface area contributed by atoms with Crippen LogP contribution in [-0.4, -0.2) is 18.6 Å². The van der Waals surface area contributed by atoms with Crippen LogP contribution in [0.5, 0.6) is 5.75 Å². The Kier molecular flexibility index (Phi) is 7.01. The molecule has 0 saturated carbocycles. The highest BCUT2D eigenvalue weighted by atomic mass is 16.6. The van der Waals surface area contributed by atoms with E-state index in [-0.39, 0.29) is 5.69 Å². The van der Waals surface area contributed by atoms with Gasteiger partial charge in [-0.1, -0.05) is 32.8 Å². The third kappa shape index (κ3) is 5.57. The fourth-order valence-corrected chi connectivity index (χ4v) is 2.02. The zero-order chi connectivity index (χ0) is 15.0. The van der Waals surface area contributed by atoms with Gasteiger partial charge in [0, 0.05) is 12.6 Å². The van der Waals surface area contributed by atoms with Crippen molar-refractivity contribution in [3.8, 4) is 5.75 Å². The summed E-state index contributed by atoms with van der Waals surface area (Å²) in [7, 11) is 1.44. The largest absolute Gasteiger partial charge is 0.490 e. The van der Waals surface area contributed by atoms with Crippen LogP contribution in [0.25, 0.3) is 0 Å². The first-order valence-electron chi connectivity index (χ1n) is 7.06. The first-order chi connectivity index (χ1) is 9.54. The average Bonchev–Trinajstić information content (AvgIpc) is 2.42. The smallest absolute Gasteiger partial charge is 0.311 e. The van der Waals surface area contributed by atoms with Gasteiger partial charge >= 0.3 is 5.69 Å². The Bertz CT molecular complexity index is 433. The van der Waals surface area contributed by atoms with E-state index < -0.39 is 4.92 Å². The number of nitro groups is 1. The summed E-state index contributed by atoms with van der Waals surface area (Å²) >= 11 is 0. The second kappa shape index (κ2) is 8.53. The van der Waals surface area contributed by atoms with E-state index in [0.29, 0.717) is 12.3 Å². The number of ether oxygens (including phenoxy) is 1. The molecule has 1 aromatic carbocycles. The summed E-state index contributed by atoms with van der Waals surface area (Å²) in [6.07, 6.45) is 3.60. The minimum absolute atomic E-state index is 0.0200. The molecule has 0 unspecified atom stereocenters. The first kappa shape index (κ1) is 16.4. The van der Waals surface area contributed by atoms with Crippen molar-refractivity contribution >= 4 is 5.69 Å². The SMILES string of the molecule is COc1ccc(CNCCCCC(C)C)cc1[N+](=O)[O-]. The second-order valence-electron chi connectivity index (χ2n) is 5.33. The molecule has 0 aromatic heterocycles. The summed E-state index contributed by atoms with van der Waals surface area (Å²) < 4.78 is 4.98. The highest BCUT2D eigenvalue weighted by Crippen LogP contribution is 2.27. The summed E-state index contributed by atoms with van der Waals surface area (Å²) in [6.45, 7) is 6.03. The fourth-order valence-electron chi connectivity index (χ4n) is 2.02. The predicted molar refractivity (Wildman–Crippen MR) is 80.0 cm³/mol. The Morgan fingerprint density at radius 2 is 2.10 bits per heavy atom. The number of nitrogens with zero attached hydrogens (tertiary/aromatic N) is 1. The lowest BCUT2D eigenvalue weighted by molar-refractivity contribution is -0.385. The molecular formula is C15H24N2O3. The minimum Gasteiger partial charge on any atom is -0.490 e. The van der Waals surface area contributed by atoms with Crippen LogP contribution < -0.4 is 10.1 Å². The van der Waals surface area contributed by atoms with Gasteiger partial charge < -0.3 is 10.1 Å². The van der Waals surface area contributed by atoms with Crippen molar-refractivity contribution in [2.45, 2.75) is 39.7 Å². The number of nitrogens with one attached hydrogen (secondary N) is 1. The van der Waals surface area contributed by atoms with Crippen molar-refractivity contribution in [2.75, 3.05) is 13.7 Å². The zero-order valence-corrected chi connectivity index (χ0v) is 12.5. The highest BCUT2D eigenvalue weighted by molar-refractivity contribution is 5.48. The van der Waals surface area contributed by atoms with Gasteiger partial charge in [0.25, 0.3) is 0 Å². The van der Waals surface area contributed by atoms with Crippen LogP contribution >= 0.6 is 0 Å². The molecule has 0 heterocycles. The monoisotopic (exact) mass is 280 g/mol. The summed E-state index contributed by atoms with van der Waals surface area (Å²) in [5.41, 5.74) is 0.924. The maximum atomic E-state index is 10.9. The Morgan fingerprint density at radius 1 is 1.35 bits per heavy atom. The number of benzene rings is 1. The molecule has 0 radical (unpaired) electrons. The molecule has 1 aromatic rings. The lowest BCUT2D eigenvalue weighted by Crippen LogP contribution is -2.15. The molecule has 0 aliphatic rings. The van der Waals surface area contributed by atoms with Crippen molar-refractivity contribution in [3.63, 3.8) is 0 Å². The van der Waals surface area contributed by atoms with E-state index >= 15 is 0 Å². The number of unbranched alkanes of at least 4 members (excludes halogenated alkanes) is 1. The quantitative estimate of drug-likeness (QED) is 0.427. The molecule has 0 aliphatic carbocycles. The van der Waals surface area contributed by atoms with Crippen molar-refractivity contribution < 1.29 is 9.66 Å². The van der Waals surface area contributed by atoms with Gasteiger partial charge in [0.1, 0.15) is 0 Å². The molecule has 0 fully saturated rings. The van der Waals surface area contributed by atoms with E-state index in [1.54, 1.807) is 12.1 Å². The molecule has 112 valence electrons. The molecule has 5 nitrogen and oxygen atoms in total. The van der Waals surface area contributed by atoms with Crippen LogP contribution in [0.3, 0.4) is 0 Å². The van der Waals surface area contributed by atoms with E-state index in [0.717, 1.165) is 24.4 Å². The van der Waals surface area contributed by atoms with Gasteiger partial charge in [0.2, 0.25) is 0 Å². The van der Waals surface area contributed by atoms with Gasteiger partial charge in [0.15, 0.2) is 5.75 Å². The average molecular weight is 280 g/mol. The van der Waals surface area contributed by atoms with Gasteiger partial charge in [-0.25, -0.2) is 0 Å². The Balaban J connectivity index is 2.41. The van der Waals surface area contributed by atoms with E-state index in [4.69, 9.17) is 4.74 Å². The van der Waals surface area contributed by atoms with Gasteiger partial charge in [-0.3, -0.25) is 10.1 Å². The van der Waals surface area contributed by atoms with Crippen LogP contribution in [0.2, 0.25) is 0 Å².